The van der Waals surface area contributed by atoms with Gasteiger partial charge in [-0.15, -0.1) is 0 Å². The zero-order valence-electron chi connectivity index (χ0n) is 54.8. The number of aliphatic hydroxyl groups is 2. The number of fused-ring (bicyclic) bond motifs is 1. The van der Waals surface area contributed by atoms with Crippen LogP contribution in [0.5, 0.6) is 0 Å². The number of nitrogens with two attached hydrogens (primary N) is 2. The fourth-order valence-electron chi connectivity index (χ4n) is 7.05. The normalized spacial score (nSPS) is 9.47. The van der Waals surface area contributed by atoms with E-state index in [0.717, 1.165) is 42.6 Å². The van der Waals surface area contributed by atoms with Crippen molar-refractivity contribution in [1.82, 2.24) is 9.55 Å². The van der Waals surface area contributed by atoms with Gasteiger partial charge in [-0.05, 0) is 172 Å². The molecule has 27 nitrogen and oxygen atoms in total. The summed E-state index contributed by atoms with van der Waals surface area (Å²) in [4.78, 5) is 69.2. The van der Waals surface area contributed by atoms with Crippen LogP contribution in [0.4, 0.5) is 67.5 Å². The maximum atomic E-state index is 12.9. The Balaban J connectivity index is 0. The minimum absolute atomic E-state index is 0. The zero-order valence-corrected chi connectivity index (χ0v) is 59.2. The van der Waals surface area contributed by atoms with Gasteiger partial charge in [-0.2, -0.15) is 4.39 Å². The fourth-order valence-corrected chi connectivity index (χ4v) is 7.05. The summed E-state index contributed by atoms with van der Waals surface area (Å²) in [5.41, 5.74) is 16.3. The van der Waals surface area contributed by atoms with Crippen molar-refractivity contribution in [3.05, 3.63) is 248 Å². The second kappa shape index (κ2) is 51.1. The van der Waals surface area contributed by atoms with E-state index in [2.05, 4.69) is 48.8 Å². The summed E-state index contributed by atoms with van der Waals surface area (Å²) in [5.74, 6) is -4.48. The van der Waals surface area contributed by atoms with Crippen molar-refractivity contribution in [3.63, 3.8) is 0 Å². The number of nitrogens with zero attached hydrogens (tertiary/aromatic N) is 4. The first-order valence-electron chi connectivity index (χ1n) is 27.7. The standard InChI is InChI=1S/C15H11FN2O2.C14H11FN2O4.C14H13FN2O2.C8H6FNO4.C6H6FN.C4H10O3.2C2H6O.2ClH.2H2O.Sn/c1-20-15(19)10-2-7-14-13(8-10)17-9-18(14)12-5-3-11(16)4-6-12;1-21-14(18)9-2-7-12(13(8-9)17(19)20)16-11-5-3-10(15)4-6-11;1-19-14(18)9-2-7-13(12(16)8-9)17-11-5-3-10(15)4-6-11;1-14-8(11)5-2-3-6(9)7(4-5)10(12)13;7-5-1-3-6(8)4-2-5;1-5-4(6-2)7-3;2*1-2-3;;;;;/h2-9H,1H3;2-8,16H,1H3;2-8,17H,16H2,1H3;2-4H,1H3;1-4H,8H2;4H,1-3H3;2*3H,2H2,1H3;2*1H;2*1H2;/q;;;;;;;;;;;;+2/p-2. The number of benzene rings is 8. The number of rotatable bonds is 14. The van der Waals surface area contributed by atoms with Crippen molar-refractivity contribution >= 4 is 117 Å². The van der Waals surface area contributed by atoms with Crippen molar-refractivity contribution in [3.8, 4) is 5.69 Å². The summed E-state index contributed by atoms with van der Waals surface area (Å²) in [5, 5.41) is 42.4. The number of esters is 4. The van der Waals surface area contributed by atoms with E-state index in [4.69, 9.17) is 39.5 Å². The number of hydrogen-bond acceptors (Lipinski definition) is 22. The number of hydrogen-bond donors (Lipinski definition) is 6. The molecule has 1 aromatic heterocycles. The summed E-state index contributed by atoms with van der Waals surface area (Å²) < 4.78 is 97.1. The summed E-state index contributed by atoms with van der Waals surface area (Å²) in [7, 11) is 19.4. The second-order valence-electron chi connectivity index (χ2n) is 18.0. The Labute approximate surface area is 587 Å². The van der Waals surface area contributed by atoms with Crippen LogP contribution in [0.25, 0.3) is 16.7 Å². The van der Waals surface area contributed by atoms with Gasteiger partial charge in [-0.3, -0.25) is 24.8 Å². The molecule has 0 aliphatic heterocycles. The number of aromatic nitrogens is 2. The number of halogens is 7. The van der Waals surface area contributed by atoms with Crippen LogP contribution in [0.15, 0.2) is 176 Å². The number of imidazole rings is 1. The first-order chi connectivity index (χ1) is 46.7. The van der Waals surface area contributed by atoms with Crippen LogP contribution in [0, 0.1) is 49.3 Å². The van der Waals surface area contributed by atoms with E-state index in [9.17, 15) is 61.4 Å². The summed E-state index contributed by atoms with van der Waals surface area (Å²) in [6, 6.07) is 39.8. The number of carbonyl (C=O) groups is 4. The molecule has 12 N–H and O–H groups in total. The van der Waals surface area contributed by atoms with Crippen LogP contribution in [0.2, 0.25) is 0 Å². The van der Waals surface area contributed by atoms with Gasteiger partial charge in [0.25, 0.3) is 12.2 Å². The molecule has 0 saturated heterocycles. The van der Waals surface area contributed by atoms with Crippen molar-refractivity contribution < 1.29 is 105 Å². The Kier molecular flexibility index (Phi) is 47.0. The Morgan fingerprint density at radius 1 is 0.520 bits per heavy atom. The second-order valence-corrected chi connectivity index (χ2v) is 22.2. The Hall–Kier alpha value is -10.1. The summed E-state index contributed by atoms with van der Waals surface area (Å²) >= 11 is -0.826. The first kappa shape index (κ1) is 91.9. The van der Waals surface area contributed by atoms with E-state index in [0.29, 0.717) is 45.1 Å². The number of anilines is 6. The predicted octanol–water partition coefficient (Wildman–Crippen LogP) is 11.6. The SMILES string of the molecule is CCO.CCO.COC(=O)c1ccc(F)c([N+](=O)[O-])c1.COC(=O)c1ccc(Nc2ccc(F)cc2)c(N)c1.COC(=O)c1ccc(Nc2ccc(F)cc2)c([N+](=O)[O-])c1.COC(=O)c1ccc2c(c1)ncn2-c1ccc(F)cc1.COC(OC)OC.Nc1ccc(F)cc1.O.O.[Cl][Sn][Cl]. The third-order valence-corrected chi connectivity index (χ3v) is 11.4. The molecule has 2 radical (unpaired) electrons. The minimum atomic E-state index is -0.984. The van der Waals surface area contributed by atoms with Crippen LogP contribution >= 0.6 is 17.8 Å². The number of nitro groups is 2. The molecule has 35 heteroatoms. The number of nitro benzene ring substituents is 2. The molecule has 0 unspecified atom stereocenters. The van der Waals surface area contributed by atoms with Gasteiger partial charge in [0.2, 0.25) is 5.82 Å². The van der Waals surface area contributed by atoms with Crippen LogP contribution in [0.3, 0.4) is 0 Å². The molecule has 0 bridgehead atoms. The monoisotopic (exact) mass is 1550 g/mol. The maximum absolute atomic E-state index is 12.9. The van der Waals surface area contributed by atoms with Crippen LogP contribution in [0.1, 0.15) is 55.3 Å². The fraction of sp³-hybridized carbons (Fsp3) is 0.185. The molecule has 1 heterocycles. The van der Waals surface area contributed by atoms with Crippen molar-refractivity contribution in [2.45, 2.75) is 20.3 Å². The molecule has 0 saturated carbocycles. The number of nitrogen functional groups attached to an aromatic ring is 2. The average molecular weight is 1550 g/mol. The molecule has 0 aliphatic carbocycles. The van der Waals surface area contributed by atoms with E-state index in [1.165, 1.54) is 134 Å². The van der Waals surface area contributed by atoms with Crippen molar-refractivity contribution in [1.29, 1.82) is 0 Å². The summed E-state index contributed by atoms with van der Waals surface area (Å²) in [6.45, 7) is 3.35. The van der Waals surface area contributed by atoms with Crippen molar-refractivity contribution in [2.24, 2.45) is 0 Å². The van der Waals surface area contributed by atoms with Gasteiger partial charge < -0.3 is 76.4 Å². The van der Waals surface area contributed by atoms with E-state index in [1.54, 1.807) is 74.8 Å². The van der Waals surface area contributed by atoms with E-state index >= 15 is 0 Å². The third kappa shape index (κ3) is 33.4. The van der Waals surface area contributed by atoms with Gasteiger partial charge in [0, 0.05) is 69.4 Å². The van der Waals surface area contributed by atoms with Crippen molar-refractivity contribution in [2.75, 3.05) is 85.1 Å². The van der Waals surface area contributed by atoms with E-state index in [1.807, 2.05) is 4.57 Å². The molecule has 0 amide bonds. The Morgan fingerprint density at radius 3 is 1.21 bits per heavy atom. The average Bonchev–Trinajstić information content (AvgIpc) is 1.56. The molecule has 0 aliphatic rings. The molecular formula is C65H73Cl2F5N8O19Sn. The Morgan fingerprint density at radius 2 is 0.850 bits per heavy atom. The van der Waals surface area contributed by atoms with E-state index < -0.39 is 76.4 Å². The van der Waals surface area contributed by atoms with Crippen LogP contribution in [-0.2, 0) is 33.2 Å². The molecule has 0 fully saturated rings. The topological polar surface area (TPSA) is 417 Å². The van der Waals surface area contributed by atoms with Gasteiger partial charge >= 0.3 is 66.3 Å². The molecular weight excluding hydrogens is 1480 g/mol. The summed E-state index contributed by atoms with van der Waals surface area (Å²) in [6.07, 6.45) is 1.64. The number of ether oxygens (including phenoxy) is 7. The number of aliphatic hydroxyl groups excluding tert-OH is 2. The zero-order chi connectivity index (χ0) is 73.9. The van der Waals surface area contributed by atoms with Gasteiger partial charge in [0.15, 0.2) is 0 Å². The Bertz CT molecular complexity index is 3880. The van der Waals surface area contributed by atoms with Crippen LogP contribution in [-0.4, -0.2) is 153 Å². The number of carbonyl (C=O) groups excluding carboxylic acids is 4. The predicted molar refractivity (Wildman–Crippen MR) is 369 cm³/mol. The molecule has 100 heavy (non-hydrogen) atoms. The van der Waals surface area contributed by atoms with Gasteiger partial charge in [0.05, 0.1) is 82.9 Å². The number of methoxy groups -OCH3 is 7. The molecule has 9 rings (SSSR count). The molecule has 8 aromatic carbocycles. The van der Waals surface area contributed by atoms with Crippen LogP contribution < -0.4 is 22.1 Å². The third-order valence-electron chi connectivity index (χ3n) is 11.4. The van der Waals surface area contributed by atoms with Gasteiger partial charge in [-0.1, -0.05) is 0 Å². The molecule has 0 atom stereocenters. The number of nitrogens with one attached hydrogen (secondary N) is 2. The van der Waals surface area contributed by atoms with Gasteiger partial charge in [-0.25, -0.2) is 41.7 Å². The van der Waals surface area contributed by atoms with Gasteiger partial charge in [0.1, 0.15) is 35.3 Å². The quantitative estimate of drug-likeness (QED) is 0.00860. The molecule has 540 valence electrons. The molecule has 9 aromatic rings. The first-order valence-corrected chi connectivity index (χ1v) is 35.0. The van der Waals surface area contributed by atoms with E-state index in [-0.39, 0.29) is 64.1 Å². The molecule has 0 spiro atoms.